The normalized spacial score (nSPS) is 14.5. The maximum atomic E-state index is 5.40. The lowest BCUT2D eigenvalue weighted by Crippen LogP contribution is -2.39. The van der Waals surface area contributed by atoms with Gasteiger partial charge in [-0.1, -0.05) is 189 Å². The number of allylic oxidation sites excluding steroid dienone is 6. The van der Waals surface area contributed by atoms with E-state index in [1.807, 2.05) is 11.8 Å². The minimum absolute atomic E-state index is 0.252. The van der Waals surface area contributed by atoms with Crippen LogP contribution < -0.4 is 4.90 Å². The quantitative estimate of drug-likeness (QED) is 0.128. The highest BCUT2D eigenvalue weighted by molar-refractivity contribution is 7.99. The topological polar surface area (TPSA) is 41.9 Å². The van der Waals surface area contributed by atoms with E-state index in [1.54, 1.807) is 0 Å². The Morgan fingerprint density at radius 1 is 0.578 bits per heavy atom. The number of rotatable bonds is 10. The highest BCUT2D eigenvalue weighted by Gasteiger charge is 2.50. The van der Waals surface area contributed by atoms with Crippen molar-refractivity contribution in [2.24, 2.45) is 5.92 Å². The summed E-state index contributed by atoms with van der Waals surface area (Å²) in [6.45, 7) is 8.73. The molecule has 1 unspecified atom stereocenters. The van der Waals surface area contributed by atoms with Crippen LogP contribution >= 0.6 is 11.8 Å². The van der Waals surface area contributed by atoms with Gasteiger partial charge in [-0.05, 0) is 114 Å². The maximum absolute atomic E-state index is 5.40. The molecule has 0 amide bonds. The molecule has 0 saturated heterocycles. The Morgan fingerprint density at radius 3 is 1.78 bits per heavy atom. The van der Waals surface area contributed by atoms with Gasteiger partial charge in [-0.15, -0.1) is 0 Å². The van der Waals surface area contributed by atoms with Gasteiger partial charge in [0.15, 0.2) is 17.5 Å². The summed E-state index contributed by atoms with van der Waals surface area (Å²) in [6, 6.07) is 63.6. The highest BCUT2D eigenvalue weighted by Crippen LogP contribution is 2.63. The molecule has 0 saturated carbocycles. The Bertz CT molecular complexity index is 3030. The van der Waals surface area contributed by atoms with Gasteiger partial charge in [-0.2, -0.15) is 0 Å². The van der Waals surface area contributed by atoms with Crippen LogP contribution in [0.2, 0.25) is 0 Å². The summed E-state index contributed by atoms with van der Waals surface area (Å²) in [5, 5.41) is 0. The van der Waals surface area contributed by atoms with Gasteiger partial charge >= 0.3 is 0 Å². The van der Waals surface area contributed by atoms with Gasteiger partial charge < -0.3 is 4.90 Å². The molecule has 7 aromatic carbocycles. The zero-order valence-corrected chi connectivity index (χ0v) is 37.6. The molecule has 0 N–H and O–H groups in total. The Morgan fingerprint density at radius 2 is 1.12 bits per heavy atom. The minimum Gasteiger partial charge on any atom is -0.310 e. The smallest absolute Gasteiger partial charge is 0.164 e. The van der Waals surface area contributed by atoms with E-state index in [0.717, 1.165) is 52.2 Å². The van der Waals surface area contributed by atoms with Crippen LogP contribution in [0.4, 0.5) is 17.1 Å². The summed E-state index contributed by atoms with van der Waals surface area (Å²) < 4.78 is 0. The average Bonchev–Trinajstić information content (AvgIpc) is 3.36. The fourth-order valence-corrected chi connectivity index (χ4v) is 10.8. The third kappa shape index (κ3) is 7.20. The predicted octanol–water partition coefficient (Wildman–Crippen LogP) is 15.8. The summed E-state index contributed by atoms with van der Waals surface area (Å²) in [4.78, 5) is 20.9. The van der Waals surface area contributed by atoms with E-state index in [2.05, 4.69) is 233 Å². The summed E-state index contributed by atoms with van der Waals surface area (Å²) in [5.74, 6) is 2.28. The molecule has 0 aliphatic carbocycles. The molecule has 2 aliphatic heterocycles. The number of hydrogen-bond donors (Lipinski definition) is 0. The van der Waals surface area contributed by atoms with Crippen molar-refractivity contribution < 1.29 is 0 Å². The van der Waals surface area contributed by atoms with Crippen molar-refractivity contribution in [3.63, 3.8) is 0 Å². The zero-order chi connectivity index (χ0) is 43.6. The highest BCUT2D eigenvalue weighted by atomic mass is 32.2. The van der Waals surface area contributed by atoms with E-state index in [9.17, 15) is 0 Å². The summed E-state index contributed by atoms with van der Waals surface area (Å²) in [7, 11) is 0. The largest absolute Gasteiger partial charge is 0.310 e. The number of aromatic nitrogens is 3. The molecule has 3 heterocycles. The Labute approximate surface area is 381 Å². The molecule has 1 spiro atoms. The van der Waals surface area contributed by atoms with Crippen LogP contribution in [0, 0.1) is 5.92 Å². The van der Waals surface area contributed by atoms with E-state index in [0.29, 0.717) is 17.5 Å². The van der Waals surface area contributed by atoms with E-state index >= 15 is 0 Å². The van der Waals surface area contributed by atoms with Crippen LogP contribution in [-0.2, 0) is 5.41 Å². The van der Waals surface area contributed by atoms with Crippen LogP contribution in [-0.4, -0.2) is 15.0 Å². The predicted molar refractivity (Wildman–Crippen MR) is 267 cm³/mol. The molecular weight excluding hydrogens is 797 g/mol. The summed E-state index contributed by atoms with van der Waals surface area (Å²) >= 11 is 1.84. The van der Waals surface area contributed by atoms with Gasteiger partial charge in [-0.3, -0.25) is 0 Å². The van der Waals surface area contributed by atoms with Gasteiger partial charge in [0.05, 0.1) is 16.8 Å². The third-order valence-electron chi connectivity index (χ3n) is 12.8. The maximum Gasteiger partial charge on any atom is 0.164 e. The molecule has 1 aromatic heterocycles. The number of para-hydroxylation sites is 3. The molecule has 312 valence electrons. The first-order valence-corrected chi connectivity index (χ1v) is 23.2. The minimum atomic E-state index is -0.628. The second-order valence-electron chi connectivity index (χ2n) is 16.5. The SMILES string of the molecule is C/C=C\C=C(/C)C(/C=C(\CC)c1nc(-c2ccc(-c3ccccc3)cc2)nc(-c2ccc3c(c2)C2(c4ccccc4S3)c3ccccc3N(c3ccccc3)c3ccccc32)n1)CC. The molecule has 1 atom stereocenters. The van der Waals surface area contributed by atoms with Crippen molar-refractivity contribution in [2.75, 3.05) is 4.90 Å². The molecule has 0 radical (unpaired) electrons. The van der Waals surface area contributed by atoms with Crippen LogP contribution in [0.25, 0.3) is 39.5 Å². The number of fused-ring (bicyclic) bond motifs is 8. The lowest BCUT2D eigenvalue weighted by Gasteiger charge is -2.49. The molecule has 0 fully saturated rings. The van der Waals surface area contributed by atoms with Crippen molar-refractivity contribution in [2.45, 2.75) is 55.7 Å². The lowest BCUT2D eigenvalue weighted by molar-refractivity contribution is 0.692. The van der Waals surface area contributed by atoms with Gasteiger partial charge in [0.25, 0.3) is 0 Å². The molecule has 64 heavy (non-hydrogen) atoms. The van der Waals surface area contributed by atoms with E-state index in [-0.39, 0.29) is 5.92 Å². The van der Waals surface area contributed by atoms with Gasteiger partial charge in [0.1, 0.15) is 0 Å². The molecular formula is C59H50N4S. The van der Waals surface area contributed by atoms with Crippen LogP contribution in [0.5, 0.6) is 0 Å². The van der Waals surface area contributed by atoms with Gasteiger partial charge in [0, 0.05) is 26.6 Å². The van der Waals surface area contributed by atoms with E-state index in [4.69, 9.17) is 15.0 Å². The first kappa shape index (κ1) is 41.0. The first-order chi connectivity index (χ1) is 31.5. The fraction of sp³-hybridized carbons (Fsp3) is 0.136. The standard InChI is InChI=1S/C59H50N4S/c1-5-8-21-40(4)41(6-2)38-42(7-3)56-60-57(45-34-32-44(33-35-45)43-22-11-9-12-23-43)62-58(61-56)46-36-37-55-51(39-46)59(50-28-17-20-31-54(50)64-55)48-26-15-18-29-52(48)63(47-24-13-10-14-25-47)53-30-19-16-27-49(53)59/h5,8-39,41H,6-7H2,1-4H3/b8-5-,40-21+,42-38+. The third-order valence-corrected chi connectivity index (χ3v) is 13.9. The lowest BCUT2D eigenvalue weighted by atomic mass is 9.62. The van der Waals surface area contributed by atoms with Crippen LogP contribution in [0.3, 0.4) is 0 Å². The summed E-state index contributed by atoms with van der Waals surface area (Å²) in [5.41, 5.74) is 14.5. The van der Waals surface area contributed by atoms with Crippen LogP contribution in [0.1, 0.15) is 68.6 Å². The zero-order valence-electron chi connectivity index (χ0n) is 36.7. The van der Waals surface area contributed by atoms with Crippen molar-refractivity contribution in [1.29, 1.82) is 0 Å². The monoisotopic (exact) mass is 846 g/mol. The molecule has 5 heteroatoms. The molecule has 0 bridgehead atoms. The second-order valence-corrected chi connectivity index (χ2v) is 17.6. The average molecular weight is 847 g/mol. The molecule has 10 rings (SSSR count). The van der Waals surface area contributed by atoms with Crippen molar-refractivity contribution in [3.8, 4) is 33.9 Å². The van der Waals surface area contributed by atoms with E-state index in [1.165, 1.54) is 43.2 Å². The Kier molecular flexibility index (Phi) is 11.3. The number of nitrogens with zero attached hydrogens (tertiary/aromatic N) is 4. The molecule has 8 aromatic rings. The second kappa shape index (κ2) is 17.6. The number of anilines is 3. The van der Waals surface area contributed by atoms with Gasteiger partial charge in [-0.25, -0.2) is 15.0 Å². The number of benzene rings is 7. The first-order valence-electron chi connectivity index (χ1n) is 22.4. The van der Waals surface area contributed by atoms with E-state index < -0.39 is 5.41 Å². The number of hydrogen-bond acceptors (Lipinski definition) is 5. The Hall–Kier alpha value is -7.08. The van der Waals surface area contributed by atoms with Gasteiger partial charge in [0.2, 0.25) is 0 Å². The molecule has 4 nitrogen and oxygen atoms in total. The summed E-state index contributed by atoms with van der Waals surface area (Å²) in [6.07, 6.45) is 10.6. The fourth-order valence-electron chi connectivity index (χ4n) is 9.62. The van der Waals surface area contributed by atoms with Crippen molar-refractivity contribution >= 4 is 34.4 Å². The van der Waals surface area contributed by atoms with Crippen LogP contribution in [0.15, 0.2) is 216 Å². The van der Waals surface area contributed by atoms with Crippen molar-refractivity contribution in [3.05, 3.63) is 234 Å². The Balaban J connectivity index is 1.20. The molecule has 2 aliphatic rings. The van der Waals surface area contributed by atoms with Crippen molar-refractivity contribution in [1.82, 2.24) is 15.0 Å².